The van der Waals surface area contributed by atoms with Crippen molar-refractivity contribution >= 4 is 5.82 Å². The Labute approximate surface area is 105 Å². The smallest absolute Gasteiger partial charge is 0.125 e. The van der Waals surface area contributed by atoms with E-state index in [4.69, 9.17) is 0 Å². The lowest BCUT2D eigenvalue weighted by Gasteiger charge is -2.19. The number of nitrogens with zero attached hydrogens (tertiary/aromatic N) is 2. The van der Waals surface area contributed by atoms with Gasteiger partial charge in [-0.3, -0.25) is 4.90 Å². The van der Waals surface area contributed by atoms with Gasteiger partial charge in [-0.25, -0.2) is 4.98 Å². The molecule has 96 valence electrons. The molecule has 1 aromatic heterocycles. The average molecular weight is 235 g/mol. The maximum Gasteiger partial charge on any atom is 0.125 e. The molecule has 1 heterocycles. The van der Waals surface area contributed by atoms with Crippen LogP contribution in [0, 0.1) is 0 Å². The fourth-order valence-corrected chi connectivity index (χ4v) is 1.80. The van der Waals surface area contributed by atoms with Crippen LogP contribution in [-0.4, -0.2) is 29.5 Å². The Bertz CT molecular complexity index is 295. The zero-order valence-electron chi connectivity index (χ0n) is 11.4. The van der Waals surface area contributed by atoms with E-state index in [1.54, 1.807) is 0 Å². The van der Waals surface area contributed by atoms with Gasteiger partial charge in [-0.05, 0) is 37.6 Å². The number of anilines is 1. The van der Waals surface area contributed by atoms with Crippen molar-refractivity contribution in [1.29, 1.82) is 0 Å². The van der Waals surface area contributed by atoms with Gasteiger partial charge < -0.3 is 5.32 Å². The lowest BCUT2D eigenvalue weighted by atomic mass is 10.2. The van der Waals surface area contributed by atoms with Gasteiger partial charge in [0.15, 0.2) is 0 Å². The predicted octanol–water partition coefficient (Wildman–Crippen LogP) is 3.14. The van der Waals surface area contributed by atoms with Gasteiger partial charge in [0.1, 0.15) is 5.82 Å². The molecule has 1 N–H and O–H groups in total. The minimum absolute atomic E-state index is 0.981. The summed E-state index contributed by atoms with van der Waals surface area (Å²) in [6, 6.07) is 4.24. The number of rotatable bonds is 8. The van der Waals surface area contributed by atoms with E-state index in [-0.39, 0.29) is 0 Å². The molecule has 0 saturated heterocycles. The fourth-order valence-electron chi connectivity index (χ4n) is 1.80. The Hall–Kier alpha value is -1.09. The Morgan fingerprint density at radius 1 is 1.18 bits per heavy atom. The molecular formula is C14H25N3. The lowest BCUT2D eigenvalue weighted by molar-refractivity contribution is 0.280. The normalized spacial score (nSPS) is 10.8. The molecule has 0 bridgehead atoms. The van der Waals surface area contributed by atoms with Gasteiger partial charge in [0.05, 0.1) is 0 Å². The third-order valence-corrected chi connectivity index (χ3v) is 2.77. The number of hydrogen-bond acceptors (Lipinski definition) is 3. The Kier molecular flexibility index (Phi) is 6.63. The van der Waals surface area contributed by atoms with Crippen LogP contribution in [0.1, 0.15) is 39.2 Å². The van der Waals surface area contributed by atoms with E-state index in [0.29, 0.717) is 0 Å². The van der Waals surface area contributed by atoms with E-state index in [9.17, 15) is 0 Å². The standard InChI is InChI=1S/C14H25N3/c1-4-9-15-14-8-7-13(11-16-14)12-17(6-3)10-5-2/h7-8,11H,4-6,9-10,12H2,1-3H3,(H,15,16). The zero-order chi connectivity index (χ0) is 12.5. The molecule has 0 aromatic carbocycles. The van der Waals surface area contributed by atoms with Crippen molar-refractivity contribution in [3.63, 3.8) is 0 Å². The SMILES string of the molecule is CCCNc1ccc(CN(CC)CCC)cn1. The van der Waals surface area contributed by atoms with Crippen molar-refractivity contribution in [3.05, 3.63) is 23.9 Å². The van der Waals surface area contributed by atoms with Crippen molar-refractivity contribution in [3.8, 4) is 0 Å². The molecule has 3 nitrogen and oxygen atoms in total. The minimum Gasteiger partial charge on any atom is -0.370 e. The highest BCUT2D eigenvalue weighted by molar-refractivity contribution is 5.35. The van der Waals surface area contributed by atoms with Gasteiger partial charge in [0, 0.05) is 19.3 Å². The third kappa shape index (κ3) is 5.18. The summed E-state index contributed by atoms with van der Waals surface area (Å²) in [6.45, 7) is 10.8. The molecule has 0 saturated carbocycles. The van der Waals surface area contributed by atoms with Crippen molar-refractivity contribution < 1.29 is 0 Å². The molecule has 0 aliphatic heterocycles. The molecule has 1 rings (SSSR count). The van der Waals surface area contributed by atoms with Gasteiger partial charge in [-0.15, -0.1) is 0 Å². The van der Waals surface area contributed by atoms with Crippen LogP contribution in [0.25, 0.3) is 0 Å². The summed E-state index contributed by atoms with van der Waals surface area (Å²) in [5, 5.41) is 3.29. The van der Waals surface area contributed by atoms with Gasteiger partial charge in [-0.1, -0.05) is 26.8 Å². The van der Waals surface area contributed by atoms with Crippen molar-refractivity contribution in [2.45, 2.75) is 40.2 Å². The van der Waals surface area contributed by atoms with Crippen LogP contribution in [0.4, 0.5) is 5.82 Å². The summed E-state index contributed by atoms with van der Waals surface area (Å²) in [6.07, 6.45) is 4.32. The molecular weight excluding hydrogens is 210 g/mol. The van der Waals surface area contributed by atoms with E-state index < -0.39 is 0 Å². The first-order valence-electron chi connectivity index (χ1n) is 6.71. The predicted molar refractivity (Wildman–Crippen MR) is 74.3 cm³/mol. The molecule has 17 heavy (non-hydrogen) atoms. The molecule has 0 radical (unpaired) electrons. The monoisotopic (exact) mass is 235 g/mol. The van der Waals surface area contributed by atoms with Crippen LogP contribution >= 0.6 is 0 Å². The third-order valence-electron chi connectivity index (χ3n) is 2.77. The zero-order valence-corrected chi connectivity index (χ0v) is 11.4. The molecule has 3 heteroatoms. The van der Waals surface area contributed by atoms with Crippen molar-refractivity contribution in [1.82, 2.24) is 9.88 Å². The lowest BCUT2D eigenvalue weighted by Crippen LogP contribution is -2.23. The van der Waals surface area contributed by atoms with Crippen LogP contribution in [0.3, 0.4) is 0 Å². The Morgan fingerprint density at radius 3 is 2.53 bits per heavy atom. The first-order chi connectivity index (χ1) is 8.30. The van der Waals surface area contributed by atoms with E-state index in [1.165, 1.54) is 12.0 Å². The molecule has 0 spiro atoms. The first-order valence-corrected chi connectivity index (χ1v) is 6.71. The molecule has 0 aliphatic rings. The second-order valence-electron chi connectivity index (χ2n) is 4.35. The molecule has 1 aromatic rings. The Balaban J connectivity index is 2.49. The maximum atomic E-state index is 4.43. The van der Waals surface area contributed by atoms with Gasteiger partial charge >= 0.3 is 0 Å². The maximum absolute atomic E-state index is 4.43. The van der Waals surface area contributed by atoms with E-state index in [0.717, 1.165) is 38.4 Å². The fraction of sp³-hybridized carbons (Fsp3) is 0.643. The summed E-state index contributed by atoms with van der Waals surface area (Å²) >= 11 is 0. The summed E-state index contributed by atoms with van der Waals surface area (Å²) in [4.78, 5) is 6.87. The number of aromatic nitrogens is 1. The summed E-state index contributed by atoms with van der Waals surface area (Å²) in [5.74, 6) is 0.981. The minimum atomic E-state index is 0.981. The Morgan fingerprint density at radius 2 is 2.00 bits per heavy atom. The first kappa shape index (κ1) is 14.0. The molecule has 0 atom stereocenters. The molecule has 0 amide bonds. The summed E-state index contributed by atoms with van der Waals surface area (Å²) < 4.78 is 0. The average Bonchev–Trinajstić information content (AvgIpc) is 2.37. The van der Waals surface area contributed by atoms with Crippen LogP contribution in [0.5, 0.6) is 0 Å². The van der Waals surface area contributed by atoms with Gasteiger partial charge in [0.2, 0.25) is 0 Å². The number of nitrogens with one attached hydrogen (secondary N) is 1. The second-order valence-corrected chi connectivity index (χ2v) is 4.35. The van der Waals surface area contributed by atoms with Crippen LogP contribution in [-0.2, 0) is 6.54 Å². The number of pyridine rings is 1. The highest BCUT2D eigenvalue weighted by atomic mass is 15.1. The molecule has 0 aliphatic carbocycles. The summed E-state index contributed by atoms with van der Waals surface area (Å²) in [7, 11) is 0. The van der Waals surface area contributed by atoms with Crippen molar-refractivity contribution in [2.75, 3.05) is 25.0 Å². The number of hydrogen-bond donors (Lipinski definition) is 1. The summed E-state index contributed by atoms with van der Waals surface area (Å²) in [5.41, 5.74) is 1.29. The van der Waals surface area contributed by atoms with E-state index >= 15 is 0 Å². The highest BCUT2D eigenvalue weighted by Gasteiger charge is 2.02. The highest BCUT2D eigenvalue weighted by Crippen LogP contribution is 2.08. The quantitative estimate of drug-likeness (QED) is 0.750. The van der Waals surface area contributed by atoms with Crippen molar-refractivity contribution in [2.24, 2.45) is 0 Å². The largest absolute Gasteiger partial charge is 0.370 e. The van der Waals surface area contributed by atoms with Crippen LogP contribution < -0.4 is 5.32 Å². The van der Waals surface area contributed by atoms with E-state index in [1.807, 2.05) is 6.20 Å². The second kappa shape index (κ2) is 8.07. The van der Waals surface area contributed by atoms with Crippen LogP contribution in [0.2, 0.25) is 0 Å². The van der Waals surface area contributed by atoms with Gasteiger partial charge in [-0.2, -0.15) is 0 Å². The topological polar surface area (TPSA) is 28.2 Å². The van der Waals surface area contributed by atoms with Crippen LogP contribution in [0.15, 0.2) is 18.3 Å². The molecule has 0 fully saturated rings. The van der Waals surface area contributed by atoms with E-state index in [2.05, 4.69) is 48.1 Å². The van der Waals surface area contributed by atoms with Gasteiger partial charge in [0.25, 0.3) is 0 Å². The molecule has 0 unspecified atom stereocenters.